The van der Waals surface area contributed by atoms with Crippen LogP contribution in [0.3, 0.4) is 0 Å². The summed E-state index contributed by atoms with van der Waals surface area (Å²) in [5.41, 5.74) is 2.73. The summed E-state index contributed by atoms with van der Waals surface area (Å²) in [6.07, 6.45) is 1.72. The van der Waals surface area contributed by atoms with Crippen LogP contribution in [-0.2, 0) is 6.61 Å². The van der Waals surface area contributed by atoms with Crippen molar-refractivity contribution in [1.82, 2.24) is 9.38 Å². The van der Waals surface area contributed by atoms with E-state index in [-0.39, 0.29) is 18.1 Å². The molecule has 140 valence electrons. The summed E-state index contributed by atoms with van der Waals surface area (Å²) >= 11 is 1.39. The van der Waals surface area contributed by atoms with Gasteiger partial charge in [0.1, 0.15) is 18.0 Å². The van der Waals surface area contributed by atoms with Gasteiger partial charge in [-0.25, -0.2) is 4.98 Å². The summed E-state index contributed by atoms with van der Waals surface area (Å²) < 4.78 is 7.24. The van der Waals surface area contributed by atoms with E-state index in [0.717, 1.165) is 5.56 Å². The van der Waals surface area contributed by atoms with Crippen molar-refractivity contribution in [3.05, 3.63) is 92.7 Å². The third-order valence-corrected chi connectivity index (χ3v) is 4.99. The topological polar surface area (TPSA) is 72.7 Å². The van der Waals surface area contributed by atoms with Gasteiger partial charge in [0, 0.05) is 18.0 Å². The number of rotatable bonds is 5. The monoisotopic (exact) mass is 391 g/mol. The Morgan fingerprint density at radius 2 is 2.00 bits per heavy atom. The minimum Gasteiger partial charge on any atom is -0.487 e. The van der Waals surface area contributed by atoms with E-state index in [1.807, 2.05) is 30.5 Å². The maximum absolute atomic E-state index is 12.2. The van der Waals surface area contributed by atoms with Gasteiger partial charge in [0.25, 0.3) is 11.5 Å². The highest BCUT2D eigenvalue weighted by Gasteiger charge is 2.07. The predicted octanol–water partition coefficient (Wildman–Crippen LogP) is 3.90. The summed E-state index contributed by atoms with van der Waals surface area (Å²) in [5.74, 6) is 0.486. The van der Waals surface area contributed by atoms with Crippen LogP contribution in [0.5, 0.6) is 5.75 Å². The number of carbonyl (C=O) groups is 1. The SMILES string of the molecule is Cc1ccn2c(=O)cc(COc3ccc(NC(=O)c4cccs4)cc3)nc2c1. The minimum absolute atomic E-state index is 0.139. The first-order chi connectivity index (χ1) is 13.6. The predicted molar refractivity (Wildman–Crippen MR) is 109 cm³/mol. The molecule has 3 heterocycles. The summed E-state index contributed by atoms with van der Waals surface area (Å²) in [6, 6.07) is 15.9. The quantitative estimate of drug-likeness (QED) is 0.560. The van der Waals surface area contributed by atoms with E-state index in [1.165, 1.54) is 21.8 Å². The van der Waals surface area contributed by atoms with Gasteiger partial charge >= 0.3 is 0 Å². The molecular weight excluding hydrogens is 374 g/mol. The van der Waals surface area contributed by atoms with E-state index in [0.29, 0.717) is 27.7 Å². The van der Waals surface area contributed by atoms with Crippen molar-refractivity contribution < 1.29 is 9.53 Å². The van der Waals surface area contributed by atoms with Gasteiger partial charge in [0.05, 0.1) is 10.6 Å². The lowest BCUT2D eigenvalue weighted by Crippen LogP contribution is -2.16. The number of benzene rings is 1. The summed E-state index contributed by atoms with van der Waals surface area (Å²) in [5, 5.41) is 4.70. The Hall–Kier alpha value is -3.45. The van der Waals surface area contributed by atoms with Crippen LogP contribution in [-0.4, -0.2) is 15.3 Å². The molecule has 1 amide bonds. The second kappa shape index (κ2) is 7.66. The fourth-order valence-electron chi connectivity index (χ4n) is 2.72. The molecule has 0 saturated heterocycles. The van der Waals surface area contributed by atoms with E-state index in [1.54, 1.807) is 36.5 Å². The number of hydrogen-bond donors (Lipinski definition) is 1. The normalized spacial score (nSPS) is 10.8. The van der Waals surface area contributed by atoms with Crippen molar-refractivity contribution in [2.75, 3.05) is 5.32 Å². The van der Waals surface area contributed by atoms with Gasteiger partial charge in [-0.15, -0.1) is 11.3 Å². The van der Waals surface area contributed by atoms with Gasteiger partial charge in [-0.3, -0.25) is 14.0 Å². The summed E-state index contributed by atoms with van der Waals surface area (Å²) in [4.78, 5) is 29.4. The standard InChI is InChI=1S/C21H17N3O3S/c1-14-8-9-24-19(11-14)22-16(12-20(24)25)13-27-17-6-4-15(5-7-17)23-21(26)18-3-2-10-28-18/h2-12H,13H2,1H3,(H,23,26). The molecule has 0 aliphatic heterocycles. The van der Waals surface area contributed by atoms with Crippen molar-refractivity contribution >= 4 is 28.6 Å². The number of carbonyl (C=O) groups excluding carboxylic acids is 1. The molecule has 4 rings (SSSR count). The van der Waals surface area contributed by atoms with E-state index in [9.17, 15) is 9.59 Å². The van der Waals surface area contributed by atoms with Crippen molar-refractivity contribution in [1.29, 1.82) is 0 Å². The van der Waals surface area contributed by atoms with E-state index in [2.05, 4.69) is 10.3 Å². The average Bonchev–Trinajstić information content (AvgIpc) is 3.22. The number of anilines is 1. The fraction of sp³-hybridized carbons (Fsp3) is 0.0952. The molecular formula is C21H17N3O3S. The maximum Gasteiger partial charge on any atom is 0.265 e. The lowest BCUT2D eigenvalue weighted by atomic mass is 10.3. The Balaban J connectivity index is 1.43. The zero-order chi connectivity index (χ0) is 19.5. The number of amides is 1. The number of nitrogens with one attached hydrogen (secondary N) is 1. The highest BCUT2D eigenvalue weighted by Crippen LogP contribution is 2.18. The van der Waals surface area contributed by atoms with Gasteiger partial charge in [-0.1, -0.05) is 6.07 Å². The van der Waals surface area contributed by atoms with Gasteiger partial charge in [-0.2, -0.15) is 0 Å². The number of pyridine rings is 1. The van der Waals surface area contributed by atoms with Crippen LogP contribution >= 0.6 is 11.3 Å². The highest BCUT2D eigenvalue weighted by molar-refractivity contribution is 7.12. The third-order valence-electron chi connectivity index (χ3n) is 4.12. The molecule has 0 radical (unpaired) electrons. The second-order valence-electron chi connectivity index (χ2n) is 6.26. The van der Waals surface area contributed by atoms with Crippen LogP contribution in [0.25, 0.3) is 5.65 Å². The third kappa shape index (κ3) is 3.94. The van der Waals surface area contributed by atoms with Crippen LogP contribution in [0.15, 0.2) is 71.0 Å². The number of nitrogens with zero attached hydrogens (tertiary/aromatic N) is 2. The zero-order valence-electron chi connectivity index (χ0n) is 15.1. The number of ether oxygens (including phenoxy) is 1. The van der Waals surface area contributed by atoms with Crippen LogP contribution < -0.4 is 15.6 Å². The number of aromatic nitrogens is 2. The number of thiophene rings is 1. The summed E-state index contributed by atoms with van der Waals surface area (Å²) in [6.45, 7) is 2.13. The molecule has 0 fully saturated rings. The molecule has 6 nitrogen and oxygen atoms in total. The smallest absolute Gasteiger partial charge is 0.265 e. The first-order valence-electron chi connectivity index (χ1n) is 8.65. The van der Waals surface area contributed by atoms with Crippen LogP contribution in [0.1, 0.15) is 20.9 Å². The van der Waals surface area contributed by atoms with Crippen molar-refractivity contribution in [2.45, 2.75) is 13.5 Å². The highest BCUT2D eigenvalue weighted by atomic mass is 32.1. The molecule has 0 spiro atoms. The van der Waals surface area contributed by atoms with E-state index >= 15 is 0 Å². The van der Waals surface area contributed by atoms with E-state index in [4.69, 9.17) is 4.74 Å². The number of fused-ring (bicyclic) bond motifs is 1. The Labute approximate surface area is 165 Å². The Morgan fingerprint density at radius 1 is 1.18 bits per heavy atom. The van der Waals surface area contributed by atoms with Crippen molar-refractivity contribution in [3.63, 3.8) is 0 Å². The lowest BCUT2D eigenvalue weighted by Gasteiger charge is -2.09. The molecule has 0 saturated carbocycles. The Morgan fingerprint density at radius 3 is 2.75 bits per heavy atom. The second-order valence-corrected chi connectivity index (χ2v) is 7.21. The molecule has 28 heavy (non-hydrogen) atoms. The van der Waals surface area contributed by atoms with Gasteiger partial charge < -0.3 is 10.1 Å². The first-order valence-corrected chi connectivity index (χ1v) is 9.53. The largest absolute Gasteiger partial charge is 0.487 e. The molecule has 0 bridgehead atoms. The fourth-order valence-corrected chi connectivity index (χ4v) is 3.34. The van der Waals surface area contributed by atoms with E-state index < -0.39 is 0 Å². The molecule has 0 aliphatic carbocycles. The molecule has 0 unspecified atom stereocenters. The van der Waals surface area contributed by atoms with Gasteiger partial charge in [0.15, 0.2) is 0 Å². The molecule has 4 aromatic rings. The molecule has 1 N–H and O–H groups in total. The Bertz CT molecular complexity index is 1180. The first kappa shape index (κ1) is 17.9. The lowest BCUT2D eigenvalue weighted by molar-refractivity contribution is 0.103. The van der Waals surface area contributed by atoms with Crippen molar-refractivity contribution in [2.24, 2.45) is 0 Å². The number of hydrogen-bond acceptors (Lipinski definition) is 5. The minimum atomic E-state index is -0.143. The van der Waals surface area contributed by atoms with Gasteiger partial charge in [-0.05, 0) is 60.3 Å². The van der Waals surface area contributed by atoms with Crippen LogP contribution in [0, 0.1) is 6.92 Å². The molecule has 3 aromatic heterocycles. The van der Waals surface area contributed by atoms with Gasteiger partial charge in [0.2, 0.25) is 0 Å². The Kier molecular flexibility index (Phi) is 4.90. The zero-order valence-corrected chi connectivity index (χ0v) is 15.9. The van der Waals surface area contributed by atoms with Crippen LogP contribution in [0.2, 0.25) is 0 Å². The maximum atomic E-state index is 12.2. The molecule has 1 aromatic carbocycles. The van der Waals surface area contributed by atoms with Crippen molar-refractivity contribution in [3.8, 4) is 5.75 Å². The van der Waals surface area contributed by atoms with Crippen LogP contribution in [0.4, 0.5) is 5.69 Å². The molecule has 0 atom stereocenters. The summed E-state index contributed by atoms with van der Waals surface area (Å²) in [7, 11) is 0. The molecule has 7 heteroatoms. The number of aryl methyl sites for hydroxylation is 1. The average molecular weight is 391 g/mol. The molecule has 0 aliphatic rings.